The van der Waals surface area contributed by atoms with Crippen molar-refractivity contribution in [3.63, 3.8) is 0 Å². The van der Waals surface area contributed by atoms with Crippen LogP contribution in [0.15, 0.2) is 46.7 Å². The van der Waals surface area contributed by atoms with Crippen LogP contribution in [0.4, 0.5) is 5.69 Å². The number of aryl methyl sites for hydroxylation is 1. The Bertz CT molecular complexity index is 823. The van der Waals surface area contributed by atoms with Crippen molar-refractivity contribution in [2.24, 2.45) is 5.92 Å². The first-order valence-corrected chi connectivity index (χ1v) is 10.7. The fourth-order valence-corrected chi connectivity index (χ4v) is 5.86. The standard InChI is InChI=1S/C18H22N2O3S2/c1-2-16-8-9-17(24-16)25(22,23)20-12-10-14(11-13-20)18(21)19-15-6-4-3-5-7-15/h3-9,14H,2,10-13H2,1H3,(H,19,21). The number of amides is 1. The van der Waals surface area contributed by atoms with Gasteiger partial charge in [0.2, 0.25) is 5.91 Å². The molecule has 0 radical (unpaired) electrons. The third-order valence-electron chi connectivity index (χ3n) is 4.45. The highest BCUT2D eigenvalue weighted by Crippen LogP contribution is 2.29. The highest BCUT2D eigenvalue weighted by atomic mass is 32.2. The zero-order valence-electron chi connectivity index (χ0n) is 14.1. The van der Waals surface area contributed by atoms with Crippen molar-refractivity contribution in [1.82, 2.24) is 4.31 Å². The van der Waals surface area contributed by atoms with Crippen LogP contribution in [0.1, 0.15) is 24.6 Å². The van der Waals surface area contributed by atoms with Crippen LogP contribution in [0.3, 0.4) is 0 Å². The van der Waals surface area contributed by atoms with Crippen molar-refractivity contribution in [3.05, 3.63) is 47.3 Å². The number of nitrogens with zero attached hydrogens (tertiary/aromatic N) is 1. The van der Waals surface area contributed by atoms with Crippen molar-refractivity contribution in [2.45, 2.75) is 30.4 Å². The second kappa shape index (κ2) is 7.68. The Hall–Kier alpha value is -1.70. The molecule has 2 heterocycles. The Kier molecular flexibility index (Phi) is 5.56. The summed E-state index contributed by atoms with van der Waals surface area (Å²) in [6, 6.07) is 12.9. The summed E-state index contributed by atoms with van der Waals surface area (Å²) in [7, 11) is -3.44. The normalized spacial score (nSPS) is 16.7. The topological polar surface area (TPSA) is 66.5 Å². The van der Waals surface area contributed by atoms with E-state index in [1.807, 2.05) is 43.3 Å². The van der Waals surface area contributed by atoms with Crippen LogP contribution >= 0.6 is 11.3 Å². The molecule has 3 rings (SSSR count). The number of anilines is 1. The fraction of sp³-hybridized carbons (Fsp3) is 0.389. The molecule has 2 aromatic rings. The predicted octanol–water partition coefficient (Wildman–Crippen LogP) is 3.35. The lowest BCUT2D eigenvalue weighted by Gasteiger charge is -2.30. The quantitative estimate of drug-likeness (QED) is 0.868. The van der Waals surface area contributed by atoms with E-state index in [1.54, 1.807) is 6.07 Å². The molecular weight excluding hydrogens is 356 g/mol. The molecule has 5 nitrogen and oxygen atoms in total. The molecule has 1 fully saturated rings. The second-order valence-electron chi connectivity index (χ2n) is 6.11. The van der Waals surface area contributed by atoms with Gasteiger partial charge in [0, 0.05) is 29.6 Å². The number of para-hydroxylation sites is 1. The van der Waals surface area contributed by atoms with Gasteiger partial charge in [-0.15, -0.1) is 11.3 Å². The summed E-state index contributed by atoms with van der Waals surface area (Å²) in [5.74, 6) is -0.186. The number of carbonyl (C=O) groups excluding carboxylic acids is 1. The Morgan fingerprint density at radius 2 is 1.84 bits per heavy atom. The first-order valence-electron chi connectivity index (χ1n) is 8.45. The molecule has 1 aliphatic rings. The number of sulfonamides is 1. The highest BCUT2D eigenvalue weighted by Gasteiger charge is 2.32. The van der Waals surface area contributed by atoms with Crippen molar-refractivity contribution >= 4 is 33.0 Å². The van der Waals surface area contributed by atoms with E-state index in [-0.39, 0.29) is 11.8 Å². The molecule has 134 valence electrons. The third-order valence-corrected chi connectivity index (χ3v) is 8.04. The summed E-state index contributed by atoms with van der Waals surface area (Å²) in [6.45, 7) is 2.78. The van der Waals surface area contributed by atoms with Gasteiger partial charge in [-0.2, -0.15) is 4.31 Å². The number of hydrogen-bond donors (Lipinski definition) is 1. The van der Waals surface area contributed by atoms with Gasteiger partial charge in [-0.05, 0) is 43.5 Å². The minimum atomic E-state index is -3.44. The minimum absolute atomic E-state index is 0.0346. The van der Waals surface area contributed by atoms with Crippen molar-refractivity contribution in [3.8, 4) is 0 Å². The summed E-state index contributed by atoms with van der Waals surface area (Å²) in [5.41, 5.74) is 0.772. The summed E-state index contributed by atoms with van der Waals surface area (Å²) in [6.07, 6.45) is 1.93. The molecule has 1 saturated heterocycles. The number of hydrogen-bond acceptors (Lipinski definition) is 4. The molecule has 0 saturated carbocycles. The van der Waals surface area contributed by atoms with Gasteiger partial charge in [0.05, 0.1) is 0 Å². The Labute approximate surface area is 152 Å². The van der Waals surface area contributed by atoms with Crippen LogP contribution in [0.5, 0.6) is 0 Å². The van der Waals surface area contributed by atoms with Gasteiger partial charge < -0.3 is 5.32 Å². The first-order chi connectivity index (χ1) is 12.0. The lowest BCUT2D eigenvalue weighted by atomic mass is 9.97. The lowest BCUT2D eigenvalue weighted by Crippen LogP contribution is -2.41. The van der Waals surface area contributed by atoms with E-state index in [0.29, 0.717) is 30.1 Å². The number of piperidine rings is 1. The number of carbonyl (C=O) groups is 1. The van der Waals surface area contributed by atoms with Crippen LogP contribution < -0.4 is 5.32 Å². The Morgan fingerprint density at radius 3 is 2.44 bits per heavy atom. The molecule has 0 unspecified atom stereocenters. The van der Waals surface area contributed by atoms with E-state index in [1.165, 1.54) is 15.6 Å². The summed E-state index contributed by atoms with van der Waals surface area (Å²) in [5, 5.41) is 2.90. The SMILES string of the molecule is CCc1ccc(S(=O)(=O)N2CCC(C(=O)Nc3ccccc3)CC2)s1. The average Bonchev–Trinajstić information content (AvgIpc) is 3.13. The molecule has 0 spiro atoms. The van der Waals surface area contributed by atoms with Crippen molar-refractivity contribution < 1.29 is 13.2 Å². The molecule has 0 aliphatic carbocycles. The monoisotopic (exact) mass is 378 g/mol. The van der Waals surface area contributed by atoms with Gasteiger partial charge in [-0.3, -0.25) is 4.79 Å². The van der Waals surface area contributed by atoms with Crippen LogP contribution in [-0.4, -0.2) is 31.7 Å². The fourth-order valence-electron chi connectivity index (χ4n) is 2.94. The maximum absolute atomic E-state index is 12.7. The van der Waals surface area contributed by atoms with Crippen LogP contribution in [-0.2, 0) is 21.2 Å². The van der Waals surface area contributed by atoms with Gasteiger partial charge in [0.15, 0.2) is 0 Å². The van der Waals surface area contributed by atoms with Gasteiger partial charge in [0.25, 0.3) is 10.0 Å². The van der Waals surface area contributed by atoms with Crippen LogP contribution in [0, 0.1) is 5.92 Å². The molecule has 1 aliphatic heterocycles. The smallest absolute Gasteiger partial charge is 0.252 e. The average molecular weight is 379 g/mol. The molecule has 1 aromatic heterocycles. The lowest BCUT2D eigenvalue weighted by molar-refractivity contribution is -0.120. The van der Waals surface area contributed by atoms with E-state index in [4.69, 9.17) is 0 Å². The van der Waals surface area contributed by atoms with Gasteiger partial charge in [-0.25, -0.2) is 8.42 Å². The van der Waals surface area contributed by atoms with E-state index >= 15 is 0 Å². The van der Waals surface area contributed by atoms with Crippen LogP contribution in [0.2, 0.25) is 0 Å². The second-order valence-corrected chi connectivity index (χ2v) is 9.44. The van der Waals surface area contributed by atoms with Crippen LogP contribution in [0.25, 0.3) is 0 Å². The number of nitrogens with one attached hydrogen (secondary N) is 1. The highest BCUT2D eigenvalue weighted by molar-refractivity contribution is 7.91. The molecule has 25 heavy (non-hydrogen) atoms. The maximum Gasteiger partial charge on any atom is 0.252 e. The molecule has 7 heteroatoms. The van der Waals surface area contributed by atoms with Gasteiger partial charge in [-0.1, -0.05) is 25.1 Å². The molecule has 1 amide bonds. The van der Waals surface area contributed by atoms with E-state index < -0.39 is 10.0 Å². The Balaban J connectivity index is 1.60. The number of benzene rings is 1. The summed E-state index contributed by atoms with van der Waals surface area (Å²) >= 11 is 1.33. The minimum Gasteiger partial charge on any atom is -0.326 e. The van der Waals surface area contributed by atoms with Gasteiger partial charge in [0.1, 0.15) is 4.21 Å². The predicted molar refractivity (Wildman–Crippen MR) is 100 cm³/mol. The number of rotatable bonds is 5. The Morgan fingerprint density at radius 1 is 1.16 bits per heavy atom. The van der Waals surface area contributed by atoms with E-state index in [9.17, 15) is 13.2 Å². The van der Waals surface area contributed by atoms with E-state index in [0.717, 1.165) is 17.0 Å². The first kappa shape index (κ1) is 18.1. The zero-order valence-corrected chi connectivity index (χ0v) is 15.8. The largest absolute Gasteiger partial charge is 0.326 e. The van der Waals surface area contributed by atoms with Crippen molar-refractivity contribution in [1.29, 1.82) is 0 Å². The molecule has 1 N–H and O–H groups in total. The molecule has 0 bridgehead atoms. The summed E-state index contributed by atoms with van der Waals surface area (Å²) < 4.78 is 27.3. The molecule has 0 atom stereocenters. The molecule has 1 aromatic carbocycles. The van der Waals surface area contributed by atoms with Gasteiger partial charge >= 0.3 is 0 Å². The third kappa shape index (κ3) is 4.11. The van der Waals surface area contributed by atoms with E-state index in [2.05, 4.69) is 5.32 Å². The number of thiophene rings is 1. The van der Waals surface area contributed by atoms with Crippen molar-refractivity contribution in [2.75, 3.05) is 18.4 Å². The maximum atomic E-state index is 12.7. The zero-order chi connectivity index (χ0) is 17.9. The molecular formula is C18H22N2O3S2. The summed E-state index contributed by atoms with van der Waals surface area (Å²) in [4.78, 5) is 13.4.